The van der Waals surface area contributed by atoms with Gasteiger partial charge in [0.2, 0.25) is 0 Å². The third-order valence-corrected chi connectivity index (χ3v) is 3.49. The summed E-state index contributed by atoms with van der Waals surface area (Å²) in [6.45, 7) is 3.10. The molecule has 1 unspecified atom stereocenters. The molecule has 0 aliphatic carbocycles. The molecule has 1 aromatic heterocycles. The standard InChI is InChI=1S/C16H20FN3/c1-12-6-7-13(17)9-15(12)16(10-18)20(2)11-14-5-3-4-8-19-14/h3-9,16H,10-11,18H2,1-2H3. The van der Waals surface area contributed by atoms with Gasteiger partial charge in [-0.25, -0.2) is 4.39 Å². The highest BCUT2D eigenvalue weighted by molar-refractivity contribution is 5.30. The molecular weight excluding hydrogens is 253 g/mol. The van der Waals surface area contributed by atoms with E-state index in [0.29, 0.717) is 13.1 Å². The number of aryl methyl sites for hydroxylation is 1. The topological polar surface area (TPSA) is 42.1 Å². The molecule has 0 saturated carbocycles. The SMILES string of the molecule is Cc1ccc(F)cc1C(CN)N(C)Cc1ccccn1. The van der Waals surface area contributed by atoms with Crippen molar-refractivity contribution in [3.63, 3.8) is 0 Å². The van der Waals surface area contributed by atoms with Gasteiger partial charge in [0.25, 0.3) is 0 Å². The van der Waals surface area contributed by atoms with E-state index in [1.807, 2.05) is 32.2 Å². The first-order chi connectivity index (χ1) is 9.61. The van der Waals surface area contributed by atoms with E-state index in [4.69, 9.17) is 5.73 Å². The molecule has 0 aliphatic heterocycles. The lowest BCUT2D eigenvalue weighted by molar-refractivity contribution is 0.238. The Hall–Kier alpha value is -1.78. The molecule has 2 aromatic rings. The van der Waals surface area contributed by atoms with Gasteiger partial charge in [-0.15, -0.1) is 0 Å². The molecule has 0 bridgehead atoms. The molecule has 0 saturated heterocycles. The third-order valence-electron chi connectivity index (χ3n) is 3.49. The molecule has 0 fully saturated rings. The van der Waals surface area contributed by atoms with Gasteiger partial charge in [-0.2, -0.15) is 0 Å². The van der Waals surface area contributed by atoms with Crippen LogP contribution in [0.2, 0.25) is 0 Å². The molecule has 20 heavy (non-hydrogen) atoms. The van der Waals surface area contributed by atoms with Crippen LogP contribution in [-0.2, 0) is 6.54 Å². The van der Waals surface area contributed by atoms with E-state index in [1.54, 1.807) is 18.3 Å². The van der Waals surface area contributed by atoms with Gasteiger partial charge >= 0.3 is 0 Å². The Labute approximate surface area is 119 Å². The second-order valence-corrected chi connectivity index (χ2v) is 4.99. The zero-order chi connectivity index (χ0) is 14.5. The lowest BCUT2D eigenvalue weighted by Crippen LogP contribution is -2.31. The van der Waals surface area contributed by atoms with Crippen LogP contribution in [0.15, 0.2) is 42.6 Å². The van der Waals surface area contributed by atoms with E-state index in [9.17, 15) is 4.39 Å². The molecular formula is C16H20FN3. The van der Waals surface area contributed by atoms with Gasteiger partial charge in [0.15, 0.2) is 0 Å². The zero-order valence-corrected chi connectivity index (χ0v) is 11.9. The summed E-state index contributed by atoms with van der Waals surface area (Å²) in [5.74, 6) is -0.227. The fourth-order valence-electron chi connectivity index (χ4n) is 2.37. The molecule has 2 N–H and O–H groups in total. The number of hydrogen-bond acceptors (Lipinski definition) is 3. The van der Waals surface area contributed by atoms with Crippen LogP contribution in [-0.4, -0.2) is 23.5 Å². The summed E-state index contributed by atoms with van der Waals surface area (Å²) >= 11 is 0. The predicted molar refractivity (Wildman–Crippen MR) is 78.6 cm³/mol. The van der Waals surface area contributed by atoms with Crippen LogP contribution in [0.25, 0.3) is 0 Å². The lowest BCUT2D eigenvalue weighted by atomic mass is 10.00. The quantitative estimate of drug-likeness (QED) is 0.910. The Morgan fingerprint density at radius 1 is 1.30 bits per heavy atom. The molecule has 3 nitrogen and oxygen atoms in total. The summed E-state index contributed by atoms with van der Waals surface area (Å²) in [5.41, 5.74) is 8.86. The summed E-state index contributed by atoms with van der Waals surface area (Å²) < 4.78 is 13.5. The summed E-state index contributed by atoms with van der Waals surface area (Å²) in [6, 6.07) is 10.6. The summed E-state index contributed by atoms with van der Waals surface area (Å²) in [7, 11) is 1.98. The average Bonchev–Trinajstić information content (AvgIpc) is 2.44. The van der Waals surface area contributed by atoms with Gasteiger partial charge < -0.3 is 5.73 Å². The number of aromatic nitrogens is 1. The maximum atomic E-state index is 13.5. The fourth-order valence-corrected chi connectivity index (χ4v) is 2.37. The molecule has 2 rings (SSSR count). The van der Waals surface area contributed by atoms with Gasteiger partial charge in [-0.3, -0.25) is 9.88 Å². The molecule has 106 valence electrons. The Kier molecular flexibility index (Phi) is 4.82. The maximum absolute atomic E-state index is 13.5. The molecule has 1 aromatic carbocycles. The first-order valence-electron chi connectivity index (χ1n) is 6.68. The van der Waals surface area contributed by atoms with Crippen LogP contribution in [0, 0.1) is 12.7 Å². The molecule has 0 spiro atoms. The molecule has 0 amide bonds. The minimum atomic E-state index is -0.227. The Morgan fingerprint density at radius 2 is 2.10 bits per heavy atom. The smallest absolute Gasteiger partial charge is 0.123 e. The van der Waals surface area contributed by atoms with Crippen molar-refractivity contribution < 1.29 is 4.39 Å². The number of hydrogen-bond donors (Lipinski definition) is 1. The van der Waals surface area contributed by atoms with Crippen molar-refractivity contribution in [2.24, 2.45) is 5.73 Å². The first kappa shape index (κ1) is 14.6. The van der Waals surface area contributed by atoms with E-state index in [1.165, 1.54) is 6.07 Å². The van der Waals surface area contributed by atoms with Crippen molar-refractivity contribution in [2.45, 2.75) is 19.5 Å². The van der Waals surface area contributed by atoms with Crippen LogP contribution in [0.3, 0.4) is 0 Å². The average molecular weight is 273 g/mol. The Morgan fingerprint density at radius 3 is 2.75 bits per heavy atom. The minimum Gasteiger partial charge on any atom is -0.329 e. The molecule has 4 heteroatoms. The van der Waals surface area contributed by atoms with Gasteiger partial charge in [0, 0.05) is 25.3 Å². The largest absolute Gasteiger partial charge is 0.329 e. The van der Waals surface area contributed by atoms with Crippen molar-refractivity contribution in [3.05, 3.63) is 65.2 Å². The van der Waals surface area contributed by atoms with Crippen molar-refractivity contribution >= 4 is 0 Å². The zero-order valence-electron chi connectivity index (χ0n) is 11.9. The number of halogens is 1. The predicted octanol–water partition coefficient (Wildman–Crippen LogP) is 2.66. The highest BCUT2D eigenvalue weighted by atomic mass is 19.1. The van der Waals surface area contributed by atoms with E-state index in [-0.39, 0.29) is 11.9 Å². The minimum absolute atomic E-state index is 0.0206. The molecule has 1 heterocycles. The first-order valence-corrected chi connectivity index (χ1v) is 6.68. The second-order valence-electron chi connectivity index (χ2n) is 4.99. The van der Waals surface area contributed by atoms with E-state index in [0.717, 1.165) is 16.8 Å². The highest BCUT2D eigenvalue weighted by Crippen LogP contribution is 2.24. The van der Waals surface area contributed by atoms with E-state index >= 15 is 0 Å². The number of pyridine rings is 1. The molecule has 1 atom stereocenters. The molecule has 0 aliphatic rings. The van der Waals surface area contributed by atoms with Gasteiger partial charge in [-0.1, -0.05) is 12.1 Å². The Bertz CT molecular complexity index is 557. The Balaban J connectivity index is 2.21. The lowest BCUT2D eigenvalue weighted by Gasteiger charge is -2.28. The van der Waals surface area contributed by atoms with Gasteiger partial charge in [-0.05, 0) is 49.4 Å². The fraction of sp³-hybridized carbons (Fsp3) is 0.312. The van der Waals surface area contributed by atoms with E-state index < -0.39 is 0 Å². The van der Waals surface area contributed by atoms with Crippen LogP contribution >= 0.6 is 0 Å². The van der Waals surface area contributed by atoms with Crippen LogP contribution in [0.1, 0.15) is 22.9 Å². The number of rotatable bonds is 5. The maximum Gasteiger partial charge on any atom is 0.123 e. The number of nitrogens with two attached hydrogens (primary N) is 1. The third kappa shape index (κ3) is 3.40. The van der Waals surface area contributed by atoms with Crippen LogP contribution in [0.5, 0.6) is 0 Å². The highest BCUT2D eigenvalue weighted by Gasteiger charge is 2.18. The summed E-state index contributed by atoms with van der Waals surface area (Å²) in [5, 5.41) is 0. The number of nitrogens with zero attached hydrogens (tertiary/aromatic N) is 2. The summed E-state index contributed by atoms with van der Waals surface area (Å²) in [4.78, 5) is 6.41. The van der Waals surface area contributed by atoms with Gasteiger partial charge in [0.05, 0.1) is 5.69 Å². The number of benzene rings is 1. The summed E-state index contributed by atoms with van der Waals surface area (Å²) in [6.07, 6.45) is 1.77. The van der Waals surface area contributed by atoms with Crippen molar-refractivity contribution in [1.29, 1.82) is 0 Å². The van der Waals surface area contributed by atoms with Crippen molar-refractivity contribution in [1.82, 2.24) is 9.88 Å². The monoisotopic (exact) mass is 273 g/mol. The molecule has 0 radical (unpaired) electrons. The van der Waals surface area contributed by atoms with Crippen molar-refractivity contribution in [3.8, 4) is 0 Å². The van der Waals surface area contributed by atoms with Gasteiger partial charge in [0.1, 0.15) is 5.82 Å². The van der Waals surface area contributed by atoms with Crippen molar-refractivity contribution in [2.75, 3.05) is 13.6 Å². The van der Waals surface area contributed by atoms with Crippen LogP contribution < -0.4 is 5.73 Å². The van der Waals surface area contributed by atoms with Crippen LogP contribution in [0.4, 0.5) is 4.39 Å². The van der Waals surface area contributed by atoms with E-state index in [2.05, 4.69) is 9.88 Å². The second kappa shape index (κ2) is 6.59. The normalized spacial score (nSPS) is 12.7. The number of likely N-dealkylation sites (N-methyl/N-ethyl adjacent to an activating group) is 1.